The van der Waals surface area contributed by atoms with Crippen LogP contribution in [0.25, 0.3) is 0 Å². The lowest BCUT2D eigenvalue weighted by atomic mass is 9.84. The maximum absolute atomic E-state index is 11.8. The van der Waals surface area contributed by atoms with Crippen molar-refractivity contribution >= 4 is 23.2 Å². The molecule has 0 aromatic heterocycles. The van der Waals surface area contributed by atoms with Gasteiger partial charge in [-0.15, -0.1) is 0 Å². The lowest BCUT2D eigenvalue weighted by molar-refractivity contribution is -0.122. The van der Waals surface area contributed by atoms with Crippen molar-refractivity contribution < 1.29 is 9.59 Å². The lowest BCUT2D eigenvalue weighted by Gasteiger charge is -2.24. The van der Waals surface area contributed by atoms with Crippen LogP contribution in [0.15, 0.2) is 24.3 Å². The second kappa shape index (κ2) is 5.65. The van der Waals surface area contributed by atoms with E-state index >= 15 is 0 Å². The van der Waals surface area contributed by atoms with Crippen molar-refractivity contribution in [2.24, 2.45) is 11.8 Å². The first-order valence-corrected chi connectivity index (χ1v) is 7.44. The van der Waals surface area contributed by atoms with E-state index in [-0.39, 0.29) is 23.7 Å². The van der Waals surface area contributed by atoms with Crippen molar-refractivity contribution in [3.8, 4) is 0 Å². The topological polar surface area (TPSA) is 58.2 Å². The fourth-order valence-electron chi connectivity index (χ4n) is 2.47. The van der Waals surface area contributed by atoms with Crippen molar-refractivity contribution in [2.45, 2.75) is 38.5 Å². The van der Waals surface area contributed by atoms with Gasteiger partial charge in [0, 0.05) is 23.2 Å². The van der Waals surface area contributed by atoms with E-state index in [1.54, 1.807) is 0 Å². The molecule has 0 aliphatic heterocycles. The van der Waals surface area contributed by atoms with E-state index < -0.39 is 0 Å². The summed E-state index contributed by atoms with van der Waals surface area (Å²) >= 11 is 0. The molecule has 1 aromatic carbocycles. The van der Waals surface area contributed by atoms with Gasteiger partial charge in [-0.05, 0) is 49.9 Å². The van der Waals surface area contributed by atoms with Crippen LogP contribution >= 0.6 is 0 Å². The van der Waals surface area contributed by atoms with Crippen molar-refractivity contribution in [2.75, 3.05) is 10.6 Å². The minimum atomic E-state index is 0.113. The van der Waals surface area contributed by atoms with Gasteiger partial charge in [-0.2, -0.15) is 0 Å². The molecule has 0 spiro atoms. The number of hydrogen-bond acceptors (Lipinski definition) is 2. The molecule has 4 heteroatoms. The molecule has 0 bridgehead atoms. The summed E-state index contributed by atoms with van der Waals surface area (Å²) in [7, 11) is 0. The Kier molecular flexibility index (Phi) is 3.72. The van der Waals surface area contributed by atoms with Gasteiger partial charge in [0.2, 0.25) is 11.8 Å². The highest BCUT2D eigenvalue weighted by molar-refractivity contribution is 5.95. The van der Waals surface area contributed by atoms with Crippen LogP contribution in [-0.4, -0.2) is 11.8 Å². The average molecular weight is 272 g/mol. The molecule has 2 aliphatic carbocycles. The Balaban J connectivity index is 1.53. The highest BCUT2D eigenvalue weighted by Crippen LogP contribution is 2.29. The molecule has 0 unspecified atom stereocenters. The van der Waals surface area contributed by atoms with Gasteiger partial charge in [-0.25, -0.2) is 0 Å². The number of nitrogens with one attached hydrogen (secondary N) is 2. The molecule has 3 rings (SSSR count). The number of carbonyl (C=O) groups excluding carboxylic acids is 2. The van der Waals surface area contributed by atoms with Gasteiger partial charge < -0.3 is 10.6 Å². The monoisotopic (exact) mass is 272 g/mol. The molecule has 106 valence electrons. The van der Waals surface area contributed by atoms with Gasteiger partial charge in [-0.1, -0.05) is 12.8 Å². The predicted molar refractivity (Wildman–Crippen MR) is 78.4 cm³/mol. The van der Waals surface area contributed by atoms with E-state index in [1.165, 1.54) is 0 Å². The Labute approximate surface area is 118 Å². The molecule has 2 fully saturated rings. The highest BCUT2D eigenvalue weighted by atomic mass is 16.2. The fraction of sp³-hybridized carbons (Fsp3) is 0.500. The molecule has 4 nitrogen and oxygen atoms in total. The summed E-state index contributed by atoms with van der Waals surface area (Å²) in [5, 5.41) is 5.84. The van der Waals surface area contributed by atoms with Crippen LogP contribution in [0.1, 0.15) is 38.5 Å². The fourth-order valence-corrected chi connectivity index (χ4v) is 2.47. The quantitative estimate of drug-likeness (QED) is 0.884. The molecular weight excluding hydrogens is 252 g/mol. The van der Waals surface area contributed by atoms with Crippen LogP contribution in [0.2, 0.25) is 0 Å². The maximum Gasteiger partial charge on any atom is 0.227 e. The third-order valence-electron chi connectivity index (χ3n) is 4.37. The SMILES string of the molecule is O=C(Nc1ccc(NC(=O)C2CCC2)cc1)C1CCC1. The largest absolute Gasteiger partial charge is 0.326 e. The number of anilines is 2. The third-order valence-corrected chi connectivity index (χ3v) is 4.37. The van der Waals surface area contributed by atoms with Crippen LogP contribution in [0, 0.1) is 11.8 Å². The van der Waals surface area contributed by atoms with Crippen LogP contribution in [0.3, 0.4) is 0 Å². The van der Waals surface area contributed by atoms with Crippen LogP contribution in [0.5, 0.6) is 0 Å². The molecule has 0 heterocycles. The number of carbonyl (C=O) groups is 2. The zero-order valence-electron chi connectivity index (χ0n) is 11.5. The molecule has 2 N–H and O–H groups in total. The summed E-state index contributed by atoms with van der Waals surface area (Å²) in [5.74, 6) is 0.603. The smallest absolute Gasteiger partial charge is 0.227 e. The van der Waals surface area contributed by atoms with E-state index in [2.05, 4.69) is 10.6 Å². The lowest BCUT2D eigenvalue weighted by Crippen LogP contribution is -2.28. The minimum Gasteiger partial charge on any atom is -0.326 e. The Morgan fingerprint density at radius 1 is 0.750 bits per heavy atom. The Hall–Kier alpha value is -1.84. The van der Waals surface area contributed by atoms with E-state index in [0.717, 1.165) is 49.9 Å². The van der Waals surface area contributed by atoms with E-state index in [9.17, 15) is 9.59 Å². The van der Waals surface area contributed by atoms with Crippen LogP contribution < -0.4 is 10.6 Å². The van der Waals surface area contributed by atoms with E-state index in [1.807, 2.05) is 24.3 Å². The first-order chi connectivity index (χ1) is 9.72. The van der Waals surface area contributed by atoms with Crippen LogP contribution in [0.4, 0.5) is 11.4 Å². The molecule has 20 heavy (non-hydrogen) atoms. The van der Waals surface area contributed by atoms with Gasteiger partial charge in [0.25, 0.3) is 0 Å². The standard InChI is InChI=1S/C16H20N2O2/c19-15(11-3-1-4-11)17-13-7-9-14(10-8-13)18-16(20)12-5-2-6-12/h7-12H,1-6H2,(H,17,19)(H,18,20). The van der Waals surface area contributed by atoms with Crippen molar-refractivity contribution in [3.05, 3.63) is 24.3 Å². The van der Waals surface area contributed by atoms with Crippen molar-refractivity contribution in [1.29, 1.82) is 0 Å². The number of hydrogen-bond donors (Lipinski definition) is 2. The molecule has 2 saturated carbocycles. The zero-order chi connectivity index (χ0) is 13.9. The summed E-state index contributed by atoms with van der Waals surface area (Å²) < 4.78 is 0. The number of amides is 2. The third kappa shape index (κ3) is 2.84. The second-order valence-corrected chi connectivity index (χ2v) is 5.81. The second-order valence-electron chi connectivity index (χ2n) is 5.81. The average Bonchev–Trinajstić information content (AvgIpc) is 2.26. The summed E-state index contributed by atoms with van der Waals surface area (Å²) in [6, 6.07) is 7.36. The van der Waals surface area contributed by atoms with Gasteiger partial charge in [0.15, 0.2) is 0 Å². The van der Waals surface area contributed by atoms with Gasteiger partial charge in [-0.3, -0.25) is 9.59 Å². The Morgan fingerprint density at radius 3 is 1.35 bits per heavy atom. The molecule has 2 aliphatic rings. The number of rotatable bonds is 4. The molecule has 0 radical (unpaired) electrons. The van der Waals surface area contributed by atoms with Crippen molar-refractivity contribution in [3.63, 3.8) is 0 Å². The highest BCUT2D eigenvalue weighted by Gasteiger charge is 2.26. The maximum atomic E-state index is 11.8. The van der Waals surface area contributed by atoms with E-state index in [0.29, 0.717) is 0 Å². The molecule has 0 saturated heterocycles. The Bertz CT molecular complexity index is 455. The zero-order valence-corrected chi connectivity index (χ0v) is 11.5. The first kappa shape index (κ1) is 13.2. The first-order valence-electron chi connectivity index (χ1n) is 7.44. The summed E-state index contributed by atoms with van der Waals surface area (Å²) in [5.41, 5.74) is 1.59. The van der Waals surface area contributed by atoms with E-state index in [4.69, 9.17) is 0 Å². The van der Waals surface area contributed by atoms with Gasteiger partial charge in [0.05, 0.1) is 0 Å². The number of benzene rings is 1. The normalized spacial score (nSPS) is 18.8. The molecule has 1 aromatic rings. The summed E-state index contributed by atoms with van der Waals surface area (Å²) in [6.07, 6.45) is 6.32. The summed E-state index contributed by atoms with van der Waals surface area (Å²) in [4.78, 5) is 23.6. The molecular formula is C16H20N2O2. The molecule has 2 amide bonds. The van der Waals surface area contributed by atoms with Crippen LogP contribution in [-0.2, 0) is 9.59 Å². The minimum absolute atomic E-state index is 0.113. The summed E-state index contributed by atoms with van der Waals surface area (Å²) in [6.45, 7) is 0. The van der Waals surface area contributed by atoms with Gasteiger partial charge in [0.1, 0.15) is 0 Å². The molecule has 0 atom stereocenters. The van der Waals surface area contributed by atoms with Crippen molar-refractivity contribution in [1.82, 2.24) is 0 Å². The predicted octanol–water partition coefficient (Wildman–Crippen LogP) is 3.16. The Morgan fingerprint density at radius 2 is 1.10 bits per heavy atom. The van der Waals surface area contributed by atoms with Gasteiger partial charge >= 0.3 is 0 Å².